The van der Waals surface area contributed by atoms with Crippen molar-refractivity contribution in [2.45, 2.75) is 0 Å². The first-order valence-electron chi connectivity index (χ1n) is 6.84. The van der Waals surface area contributed by atoms with Crippen LogP contribution in [0.5, 0.6) is 5.75 Å². The fourth-order valence-corrected chi connectivity index (χ4v) is 2.30. The Bertz CT molecular complexity index is 1080. The summed E-state index contributed by atoms with van der Waals surface area (Å²) in [6.07, 6.45) is 0. The largest absolute Gasteiger partial charge is 0.505 e. The number of hydrogen-bond acceptors (Lipinski definition) is 6. The summed E-state index contributed by atoms with van der Waals surface area (Å²) in [7, 11) is 0. The quantitative estimate of drug-likeness (QED) is 0.434. The fraction of sp³-hybridized carbons (Fsp3) is 0. The zero-order valence-electron chi connectivity index (χ0n) is 11.7. The van der Waals surface area contributed by atoms with Crippen LogP contribution in [0.2, 0.25) is 0 Å². The zero-order valence-corrected chi connectivity index (χ0v) is 11.7. The van der Waals surface area contributed by atoms with Crippen molar-refractivity contribution in [1.29, 1.82) is 0 Å². The van der Waals surface area contributed by atoms with Crippen LogP contribution in [-0.4, -0.2) is 15.1 Å². The molecule has 0 saturated heterocycles. The molecule has 0 atom stereocenters. The molecule has 0 aliphatic rings. The molecule has 4 rings (SSSR count). The fourth-order valence-electron chi connectivity index (χ4n) is 2.30. The van der Waals surface area contributed by atoms with Gasteiger partial charge in [0.15, 0.2) is 5.75 Å². The number of aromatic nitrogens is 2. The Labute approximate surface area is 128 Å². The van der Waals surface area contributed by atoms with Crippen LogP contribution in [0.1, 0.15) is 0 Å². The predicted octanol–water partition coefficient (Wildman–Crippen LogP) is 3.79. The van der Waals surface area contributed by atoms with Gasteiger partial charge in [-0.2, -0.15) is 0 Å². The second kappa shape index (κ2) is 5.06. The van der Waals surface area contributed by atoms with Gasteiger partial charge in [-0.25, -0.2) is 9.78 Å². The highest BCUT2D eigenvalue weighted by Gasteiger charge is 2.13. The summed E-state index contributed by atoms with van der Waals surface area (Å²) >= 11 is 0. The van der Waals surface area contributed by atoms with E-state index >= 15 is 0 Å². The summed E-state index contributed by atoms with van der Waals surface area (Å²) in [4.78, 5) is 19.1. The molecule has 2 N–H and O–H groups in total. The van der Waals surface area contributed by atoms with Crippen molar-refractivity contribution >= 4 is 33.6 Å². The minimum Gasteiger partial charge on any atom is -0.505 e. The molecule has 23 heavy (non-hydrogen) atoms. The zero-order chi connectivity index (χ0) is 15.8. The number of azo groups is 1. The highest BCUT2D eigenvalue weighted by molar-refractivity contribution is 5.87. The first kappa shape index (κ1) is 13.2. The molecule has 0 radical (unpaired) electrons. The average molecular weight is 306 g/mol. The third-order valence-electron chi connectivity index (χ3n) is 3.38. The molecule has 0 aliphatic heterocycles. The summed E-state index contributed by atoms with van der Waals surface area (Å²) < 4.78 is 5.12. The van der Waals surface area contributed by atoms with Gasteiger partial charge in [0.1, 0.15) is 5.58 Å². The van der Waals surface area contributed by atoms with Gasteiger partial charge in [0, 0.05) is 0 Å². The van der Waals surface area contributed by atoms with Crippen LogP contribution < -0.4 is 5.63 Å². The van der Waals surface area contributed by atoms with Gasteiger partial charge in [-0.15, -0.1) is 10.2 Å². The number of imidazole rings is 1. The first-order chi connectivity index (χ1) is 11.2. The van der Waals surface area contributed by atoms with E-state index < -0.39 is 5.63 Å². The van der Waals surface area contributed by atoms with E-state index in [4.69, 9.17) is 4.42 Å². The second-order valence-corrected chi connectivity index (χ2v) is 4.86. The minimum atomic E-state index is -0.763. The molecule has 0 amide bonds. The van der Waals surface area contributed by atoms with Crippen LogP contribution in [0, 0.1) is 0 Å². The second-order valence-electron chi connectivity index (χ2n) is 4.86. The smallest absolute Gasteiger partial charge is 0.368 e. The number of nitrogens with one attached hydrogen (secondary N) is 1. The molecule has 2 aromatic heterocycles. The van der Waals surface area contributed by atoms with Crippen LogP contribution in [0.4, 0.5) is 11.6 Å². The molecule has 112 valence electrons. The van der Waals surface area contributed by atoms with Crippen molar-refractivity contribution in [1.82, 2.24) is 9.97 Å². The number of nitrogens with zero attached hydrogens (tertiary/aromatic N) is 3. The van der Waals surface area contributed by atoms with E-state index in [1.165, 1.54) is 0 Å². The molecule has 0 fully saturated rings. The Hall–Kier alpha value is -3.48. The molecule has 0 spiro atoms. The van der Waals surface area contributed by atoms with Gasteiger partial charge in [0.25, 0.3) is 0 Å². The standard InChI is InChI=1S/C16H10N4O3/c21-14-9-5-1-4-8-12(9)23-15(22)13(14)19-20-16-17-10-6-2-3-7-11(10)18-16/h1-8,21H,(H,17,18). The lowest BCUT2D eigenvalue weighted by Gasteiger charge is -2.00. The monoisotopic (exact) mass is 306 g/mol. The van der Waals surface area contributed by atoms with Gasteiger partial charge in [0.2, 0.25) is 11.6 Å². The van der Waals surface area contributed by atoms with Gasteiger partial charge >= 0.3 is 5.63 Å². The maximum atomic E-state index is 11.9. The molecular formula is C16H10N4O3. The van der Waals surface area contributed by atoms with E-state index in [0.717, 1.165) is 11.0 Å². The van der Waals surface area contributed by atoms with Crippen molar-refractivity contribution in [2.24, 2.45) is 10.2 Å². The first-order valence-corrected chi connectivity index (χ1v) is 6.84. The third kappa shape index (κ3) is 2.24. The molecule has 0 bridgehead atoms. The van der Waals surface area contributed by atoms with Crippen molar-refractivity contribution in [3.8, 4) is 5.75 Å². The molecule has 0 unspecified atom stereocenters. The van der Waals surface area contributed by atoms with Crippen LogP contribution in [0.3, 0.4) is 0 Å². The Kier molecular flexibility index (Phi) is 2.90. The summed E-state index contributed by atoms with van der Waals surface area (Å²) in [6.45, 7) is 0. The van der Waals surface area contributed by atoms with E-state index in [1.54, 1.807) is 24.3 Å². The van der Waals surface area contributed by atoms with Crippen LogP contribution in [-0.2, 0) is 0 Å². The van der Waals surface area contributed by atoms with Crippen molar-refractivity contribution in [3.63, 3.8) is 0 Å². The number of aromatic amines is 1. The van der Waals surface area contributed by atoms with Gasteiger partial charge < -0.3 is 14.5 Å². The van der Waals surface area contributed by atoms with Crippen LogP contribution >= 0.6 is 0 Å². The number of hydrogen-bond donors (Lipinski definition) is 2. The number of rotatable bonds is 2. The lowest BCUT2D eigenvalue weighted by atomic mass is 10.2. The van der Waals surface area contributed by atoms with E-state index in [9.17, 15) is 9.90 Å². The number of fused-ring (bicyclic) bond motifs is 2. The summed E-state index contributed by atoms with van der Waals surface area (Å²) in [6, 6.07) is 14.1. The summed E-state index contributed by atoms with van der Waals surface area (Å²) in [5.41, 5.74) is 0.801. The minimum absolute atomic E-state index is 0.234. The van der Waals surface area contributed by atoms with Gasteiger partial charge in [-0.05, 0) is 24.3 Å². The number of H-pyrrole nitrogens is 1. The van der Waals surface area contributed by atoms with Gasteiger partial charge in [-0.1, -0.05) is 24.3 Å². The number of benzene rings is 2. The lowest BCUT2D eigenvalue weighted by Crippen LogP contribution is -1.98. The third-order valence-corrected chi connectivity index (χ3v) is 3.38. The molecule has 0 saturated carbocycles. The van der Waals surface area contributed by atoms with Crippen molar-refractivity contribution in [3.05, 3.63) is 59.0 Å². The Morgan fingerprint density at radius 2 is 1.83 bits per heavy atom. The van der Waals surface area contributed by atoms with Gasteiger partial charge in [-0.3, -0.25) is 0 Å². The maximum absolute atomic E-state index is 11.9. The normalized spacial score (nSPS) is 11.7. The van der Waals surface area contributed by atoms with Crippen LogP contribution in [0.25, 0.3) is 22.0 Å². The molecule has 2 heterocycles. The van der Waals surface area contributed by atoms with E-state index in [0.29, 0.717) is 5.39 Å². The summed E-state index contributed by atoms with van der Waals surface area (Å²) in [5.74, 6) is -0.0325. The molecule has 7 nitrogen and oxygen atoms in total. The van der Waals surface area contributed by atoms with Crippen LogP contribution in [0.15, 0.2) is 68.0 Å². The Balaban J connectivity index is 1.81. The van der Waals surface area contributed by atoms with Crippen molar-refractivity contribution < 1.29 is 9.52 Å². The van der Waals surface area contributed by atoms with E-state index in [1.807, 2.05) is 24.3 Å². The number of para-hydroxylation sites is 3. The predicted molar refractivity (Wildman–Crippen MR) is 84.4 cm³/mol. The lowest BCUT2D eigenvalue weighted by molar-refractivity contribution is 0.469. The Morgan fingerprint density at radius 3 is 2.70 bits per heavy atom. The van der Waals surface area contributed by atoms with E-state index in [-0.39, 0.29) is 23.0 Å². The highest BCUT2D eigenvalue weighted by atomic mass is 16.4. The molecule has 4 aromatic rings. The average Bonchev–Trinajstić information content (AvgIpc) is 2.97. The Morgan fingerprint density at radius 1 is 1.04 bits per heavy atom. The van der Waals surface area contributed by atoms with E-state index in [2.05, 4.69) is 20.2 Å². The highest BCUT2D eigenvalue weighted by Crippen LogP contribution is 2.32. The number of aromatic hydroxyl groups is 1. The maximum Gasteiger partial charge on any atom is 0.368 e. The molecule has 2 aromatic carbocycles. The van der Waals surface area contributed by atoms with Crippen molar-refractivity contribution in [2.75, 3.05) is 0 Å². The molecule has 7 heteroatoms. The topological polar surface area (TPSA) is 104 Å². The van der Waals surface area contributed by atoms with Gasteiger partial charge in [0.05, 0.1) is 16.4 Å². The summed E-state index contributed by atoms with van der Waals surface area (Å²) in [5, 5.41) is 18.3. The molecule has 0 aliphatic carbocycles. The molecular weight excluding hydrogens is 296 g/mol. The SMILES string of the molecule is O=c1oc2ccccc2c(O)c1N=Nc1nc2ccccc2[nH]1.